The Kier molecular flexibility index (Phi) is 6.90. The lowest BCUT2D eigenvalue weighted by atomic mass is 9.73. The summed E-state index contributed by atoms with van der Waals surface area (Å²) >= 11 is 0. The summed E-state index contributed by atoms with van der Waals surface area (Å²) in [4.78, 5) is 15.4. The molecule has 5 nitrogen and oxygen atoms in total. The van der Waals surface area contributed by atoms with Crippen molar-refractivity contribution in [1.29, 1.82) is 0 Å². The van der Waals surface area contributed by atoms with Crippen molar-refractivity contribution in [2.75, 3.05) is 26.3 Å². The standard InChI is InChI=1S/C25H33NO4/c1-2-28-24(27)25(18-21-9-5-6-16-29-21)12-14-26(15-13-25)19-20-8-3-4-10-22(20)23-11-7-17-30-23/h3-4,7-8,10-11,17,21H,2,5-6,9,12-16,18-19H2,1H3/t21-/m0/s1. The zero-order valence-electron chi connectivity index (χ0n) is 18.0. The van der Waals surface area contributed by atoms with Crippen molar-refractivity contribution in [3.63, 3.8) is 0 Å². The number of carbonyl (C=O) groups excluding carboxylic acids is 1. The first kappa shape index (κ1) is 21.1. The predicted octanol–water partition coefficient (Wildman–Crippen LogP) is 5.05. The van der Waals surface area contributed by atoms with Gasteiger partial charge in [-0.15, -0.1) is 0 Å². The van der Waals surface area contributed by atoms with Crippen molar-refractivity contribution in [2.24, 2.45) is 5.41 Å². The van der Waals surface area contributed by atoms with Crippen LogP contribution in [-0.2, 0) is 20.8 Å². The molecule has 0 amide bonds. The fraction of sp³-hybridized carbons (Fsp3) is 0.560. The first-order chi connectivity index (χ1) is 14.7. The maximum absolute atomic E-state index is 13.0. The lowest BCUT2D eigenvalue weighted by molar-refractivity contribution is -0.162. The van der Waals surface area contributed by atoms with Gasteiger partial charge < -0.3 is 13.9 Å². The SMILES string of the molecule is CCOC(=O)C1(C[C@@H]2CCCCO2)CCN(Cc2ccccc2-c2ccco2)CC1. The van der Waals surface area contributed by atoms with Gasteiger partial charge in [0.25, 0.3) is 0 Å². The quantitative estimate of drug-likeness (QED) is 0.597. The molecule has 2 aliphatic heterocycles. The van der Waals surface area contributed by atoms with Crippen molar-refractivity contribution >= 4 is 5.97 Å². The number of nitrogens with zero attached hydrogens (tertiary/aromatic N) is 1. The summed E-state index contributed by atoms with van der Waals surface area (Å²) in [5.41, 5.74) is 1.99. The molecular weight excluding hydrogens is 378 g/mol. The van der Waals surface area contributed by atoms with Gasteiger partial charge in [-0.25, -0.2) is 0 Å². The first-order valence-corrected chi connectivity index (χ1v) is 11.3. The molecule has 2 aliphatic rings. The van der Waals surface area contributed by atoms with Crippen molar-refractivity contribution in [3.05, 3.63) is 48.2 Å². The minimum atomic E-state index is -0.408. The van der Waals surface area contributed by atoms with Crippen LogP contribution in [0.25, 0.3) is 11.3 Å². The second-order valence-corrected chi connectivity index (χ2v) is 8.60. The number of benzene rings is 1. The van der Waals surface area contributed by atoms with Crippen LogP contribution in [0.3, 0.4) is 0 Å². The Morgan fingerprint density at radius 3 is 2.70 bits per heavy atom. The molecule has 30 heavy (non-hydrogen) atoms. The van der Waals surface area contributed by atoms with Crippen molar-refractivity contribution in [1.82, 2.24) is 4.90 Å². The molecule has 162 valence electrons. The van der Waals surface area contributed by atoms with Crippen LogP contribution >= 0.6 is 0 Å². The summed E-state index contributed by atoms with van der Waals surface area (Å²) in [7, 11) is 0. The zero-order valence-corrected chi connectivity index (χ0v) is 18.0. The molecule has 1 aromatic heterocycles. The van der Waals surface area contributed by atoms with Gasteiger partial charge in [-0.1, -0.05) is 24.3 Å². The van der Waals surface area contributed by atoms with Crippen LogP contribution in [0.5, 0.6) is 0 Å². The van der Waals surface area contributed by atoms with E-state index in [0.717, 1.165) is 69.7 Å². The Hall–Kier alpha value is -2.11. The first-order valence-electron chi connectivity index (χ1n) is 11.3. The fourth-order valence-corrected chi connectivity index (χ4v) is 4.89. The van der Waals surface area contributed by atoms with Crippen LogP contribution < -0.4 is 0 Å². The number of ether oxygens (including phenoxy) is 2. The van der Waals surface area contributed by atoms with Gasteiger partial charge in [0.05, 0.1) is 24.4 Å². The summed E-state index contributed by atoms with van der Waals surface area (Å²) in [5, 5.41) is 0. The Morgan fingerprint density at radius 1 is 1.17 bits per heavy atom. The third-order valence-electron chi connectivity index (χ3n) is 6.61. The van der Waals surface area contributed by atoms with Gasteiger partial charge in [0.2, 0.25) is 0 Å². The van der Waals surface area contributed by atoms with E-state index in [0.29, 0.717) is 6.61 Å². The summed E-state index contributed by atoms with van der Waals surface area (Å²) in [5.74, 6) is 0.868. The zero-order chi connectivity index (χ0) is 20.8. The largest absolute Gasteiger partial charge is 0.466 e. The predicted molar refractivity (Wildman–Crippen MR) is 116 cm³/mol. The van der Waals surface area contributed by atoms with E-state index < -0.39 is 5.41 Å². The topological polar surface area (TPSA) is 51.9 Å². The average Bonchev–Trinajstić information content (AvgIpc) is 3.31. The average molecular weight is 412 g/mol. The number of hydrogen-bond acceptors (Lipinski definition) is 5. The second kappa shape index (κ2) is 9.80. The van der Waals surface area contributed by atoms with E-state index >= 15 is 0 Å². The molecule has 2 saturated heterocycles. The summed E-state index contributed by atoms with van der Waals surface area (Å²) in [6.07, 6.45) is 7.74. The summed E-state index contributed by atoms with van der Waals surface area (Å²) < 4.78 is 17.1. The Morgan fingerprint density at radius 2 is 2.00 bits per heavy atom. The summed E-state index contributed by atoms with van der Waals surface area (Å²) in [6.45, 7) is 5.78. The van der Waals surface area contributed by atoms with Crippen LogP contribution in [0.4, 0.5) is 0 Å². The molecule has 0 radical (unpaired) electrons. The normalized spacial score (nSPS) is 22.0. The number of likely N-dealkylation sites (tertiary alicyclic amines) is 1. The van der Waals surface area contributed by atoms with E-state index in [4.69, 9.17) is 13.9 Å². The second-order valence-electron chi connectivity index (χ2n) is 8.60. The molecule has 0 aliphatic carbocycles. The van der Waals surface area contributed by atoms with Crippen LogP contribution in [0.1, 0.15) is 51.0 Å². The van der Waals surface area contributed by atoms with E-state index in [9.17, 15) is 4.79 Å². The number of hydrogen-bond donors (Lipinski definition) is 0. The van der Waals surface area contributed by atoms with Crippen LogP contribution in [0.15, 0.2) is 47.1 Å². The molecule has 4 rings (SSSR count). The number of piperidine rings is 1. The molecular formula is C25H33NO4. The lowest BCUT2D eigenvalue weighted by Gasteiger charge is -2.42. The molecule has 1 atom stereocenters. The number of rotatable bonds is 7. The number of carbonyl (C=O) groups is 1. The van der Waals surface area contributed by atoms with E-state index in [-0.39, 0.29) is 12.1 Å². The highest BCUT2D eigenvalue weighted by Gasteiger charge is 2.44. The van der Waals surface area contributed by atoms with Gasteiger partial charge in [-0.3, -0.25) is 9.69 Å². The minimum Gasteiger partial charge on any atom is -0.466 e. The van der Waals surface area contributed by atoms with E-state index in [2.05, 4.69) is 23.1 Å². The van der Waals surface area contributed by atoms with Crippen LogP contribution in [-0.4, -0.2) is 43.3 Å². The molecule has 0 saturated carbocycles. The van der Waals surface area contributed by atoms with Crippen LogP contribution in [0, 0.1) is 5.41 Å². The fourth-order valence-electron chi connectivity index (χ4n) is 4.89. The van der Waals surface area contributed by atoms with E-state index in [1.165, 1.54) is 12.0 Å². The lowest BCUT2D eigenvalue weighted by Crippen LogP contribution is -2.47. The third kappa shape index (κ3) is 4.79. The van der Waals surface area contributed by atoms with Gasteiger partial charge >= 0.3 is 5.97 Å². The highest BCUT2D eigenvalue weighted by atomic mass is 16.5. The Bertz CT molecular complexity index is 802. The van der Waals surface area contributed by atoms with Gasteiger partial charge in [-0.05, 0) is 76.2 Å². The number of furan rings is 1. The van der Waals surface area contributed by atoms with Crippen molar-refractivity contribution < 1.29 is 18.7 Å². The van der Waals surface area contributed by atoms with E-state index in [1.54, 1.807) is 6.26 Å². The van der Waals surface area contributed by atoms with Gasteiger partial charge in [-0.2, -0.15) is 0 Å². The smallest absolute Gasteiger partial charge is 0.312 e. The maximum Gasteiger partial charge on any atom is 0.312 e. The van der Waals surface area contributed by atoms with Crippen molar-refractivity contribution in [3.8, 4) is 11.3 Å². The Labute approximate surface area is 179 Å². The molecule has 0 unspecified atom stereocenters. The summed E-state index contributed by atoms with van der Waals surface area (Å²) in [6, 6.07) is 12.3. The monoisotopic (exact) mass is 411 g/mol. The molecule has 2 fully saturated rings. The van der Waals surface area contributed by atoms with Gasteiger partial charge in [0.15, 0.2) is 0 Å². The van der Waals surface area contributed by atoms with Gasteiger partial charge in [0, 0.05) is 18.7 Å². The third-order valence-corrected chi connectivity index (χ3v) is 6.61. The Balaban J connectivity index is 1.44. The van der Waals surface area contributed by atoms with Crippen molar-refractivity contribution in [2.45, 2.75) is 58.1 Å². The molecule has 5 heteroatoms. The van der Waals surface area contributed by atoms with Gasteiger partial charge in [0.1, 0.15) is 5.76 Å². The molecule has 2 aromatic rings. The number of esters is 1. The molecule has 0 spiro atoms. The highest BCUT2D eigenvalue weighted by Crippen LogP contribution is 2.40. The molecule has 3 heterocycles. The maximum atomic E-state index is 13.0. The molecule has 0 bridgehead atoms. The van der Waals surface area contributed by atoms with E-state index in [1.807, 2.05) is 25.1 Å². The molecule has 0 N–H and O–H groups in total. The van der Waals surface area contributed by atoms with Crippen LogP contribution in [0.2, 0.25) is 0 Å². The highest BCUT2D eigenvalue weighted by molar-refractivity contribution is 5.77. The molecule has 1 aromatic carbocycles. The minimum absolute atomic E-state index is 0.0326.